The quantitative estimate of drug-likeness (QED) is 0.541. The van der Waals surface area contributed by atoms with E-state index in [2.05, 4.69) is 27.1 Å². The summed E-state index contributed by atoms with van der Waals surface area (Å²) < 4.78 is 14.8. The molecule has 3 atom stereocenters. The van der Waals surface area contributed by atoms with E-state index in [0.717, 1.165) is 43.6 Å². The monoisotopic (exact) mass is 473 g/mol. The molecule has 3 heterocycles. The first-order valence-corrected chi connectivity index (χ1v) is 12.7. The minimum absolute atomic E-state index is 0.158. The lowest BCUT2D eigenvalue weighted by molar-refractivity contribution is 0.0904. The van der Waals surface area contributed by atoms with Gasteiger partial charge in [-0.05, 0) is 73.8 Å². The predicted molar refractivity (Wildman–Crippen MR) is 136 cm³/mol. The van der Waals surface area contributed by atoms with Crippen LogP contribution in [0.4, 0.5) is 15.8 Å². The number of hydrogen-bond acceptors (Lipinski definition) is 5. The number of amides is 1. The van der Waals surface area contributed by atoms with Crippen molar-refractivity contribution in [3.05, 3.63) is 59.8 Å². The van der Waals surface area contributed by atoms with Crippen LogP contribution in [0.2, 0.25) is 0 Å². The van der Waals surface area contributed by atoms with Crippen LogP contribution in [0.25, 0.3) is 10.9 Å². The van der Waals surface area contributed by atoms with E-state index in [1.54, 1.807) is 18.6 Å². The first-order chi connectivity index (χ1) is 16.9. The molecule has 3 fully saturated rings. The van der Waals surface area contributed by atoms with Crippen LogP contribution in [0.15, 0.2) is 42.9 Å². The Morgan fingerprint density at radius 2 is 2.00 bits per heavy atom. The molecular weight excluding hydrogens is 441 g/mol. The summed E-state index contributed by atoms with van der Waals surface area (Å²) in [6.45, 7) is 4.24. The summed E-state index contributed by atoms with van der Waals surface area (Å²) in [5.74, 6) is 0.130. The van der Waals surface area contributed by atoms with E-state index in [9.17, 15) is 9.18 Å². The van der Waals surface area contributed by atoms with E-state index in [1.807, 2.05) is 12.1 Å². The van der Waals surface area contributed by atoms with Crippen LogP contribution in [-0.2, 0) is 0 Å². The van der Waals surface area contributed by atoms with Gasteiger partial charge in [-0.15, -0.1) is 0 Å². The molecule has 2 aromatic heterocycles. The topological polar surface area (TPSA) is 84.1 Å². The van der Waals surface area contributed by atoms with Crippen LogP contribution >= 0.6 is 0 Å². The number of carbonyl (C=O) groups excluding carboxylic acids is 1. The summed E-state index contributed by atoms with van der Waals surface area (Å²) >= 11 is 0. The van der Waals surface area contributed by atoms with Gasteiger partial charge in [0.2, 0.25) is 0 Å². The van der Waals surface area contributed by atoms with Crippen LogP contribution in [0, 0.1) is 17.2 Å². The number of carbonyl (C=O) groups is 1. The lowest BCUT2D eigenvalue weighted by atomic mass is 9.63. The molecule has 3 unspecified atom stereocenters. The van der Waals surface area contributed by atoms with Crippen molar-refractivity contribution < 1.29 is 9.18 Å². The maximum absolute atomic E-state index is 14.8. The summed E-state index contributed by atoms with van der Waals surface area (Å²) in [4.78, 5) is 24.4. The van der Waals surface area contributed by atoms with Crippen LogP contribution in [-0.4, -0.2) is 35.0 Å². The molecule has 3 aliphatic rings. The van der Waals surface area contributed by atoms with E-state index >= 15 is 0 Å². The van der Waals surface area contributed by atoms with Gasteiger partial charge in [0, 0.05) is 36.1 Å². The molecule has 6 rings (SSSR count). The second-order valence-electron chi connectivity index (χ2n) is 11.1. The van der Waals surface area contributed by atoms with E-state index in [-0.39, 0.29) is 23.7 Å². The molecule has 182 valence electrons. The molecular formula is C28H32FN5O. The summed E-state index contributed by atoms with van der Waals surface area (Å²) in [6.07, 6.45) is 12.0. The van der Waals surface area contributed by atoms with Gasteiger partial charge in [-0.3, -0.25) is 14.8 Å². The van der Waals surface area contributed by atoms with Crippen molar-refractivity contribution >= 4 is 28.2 Å². The number of pyridine rings is 2. The second kappa shape index (κ2) is 8.55. The Hall–Kier alpha value is -3.06. The number of benzene rings is 1. The van der Waals surface area contributed by atoms with Crippen molar-refractivity contribution in [1.29, 1.82) is 0 Å². The maximum Gasteiger partial charge on any atom is 0.257 e. The Morgan fingerprint density at radius 3 is 2.74 bits per heavy atom. The molecule has 35 heavy (non-hydrogen) atoms. The third-order valence-electron chi connectivity index (χ3n) is 8.38. The molecule has 7 heteroatoms. The zero-order valence-corrected chi connectivity index (χ0v) is 20.1. The molecule has 3 N–H and O–H groups in total. The second-order valence-corrected chi connectivity index (χ2v) is 11.1. The number of aromatic nitrogens is 2. The van der Waals surface area contributed by atoms with Gasteiger partial charge in [0.15, 0.2) is 0 Å². The molecule has 1 amide bonds. The molecule has 3 aromatic rings. The Labute approximate surface area is 205 Å². The SMILES string of the molecule is CC1CC(N)CC(c2ccncc2NC(=O)c2ccc(F)c3cc(N4CC5(CCC5)C4)cnc23)C1. The van der Waals surface area contributed by atoms with Crippen LogP contribution in [0.1, 0.15) is 67.3 Å². The lowest BCUT2D eigenvalue weighted by Gasteiger charge is -2.56. The molecule has 2 saturated carbocycles. The normalized spacial score (nSPS) is 25.2. The van der Waals surface area contributed by atoms with Gasteiger partial charge in [-0.25, -0.2) is 4.39 Å². The molecule has 1 saturated heterocycles. The first-order valence-electron chi connectivity index (χ1n) is 12.7. The number of rotatable bonds is 4. The number of hydrogen-bond donors (Lipinski definition) is 2. The van der Waals surface area contributed by atoms with Crippen molar-refractivity contribution in [3.8, 4) is 0 Å². The van der Waals surface area contributed by atoms with Crippen LogP contribution < -0.4 is 16.0 Å². The van der Waals surface area contributed by atoms with E-state index in [0.29, 0.717) is 33.5 Å². The average molecular weight is 474 g/mol. The highest BCUT2D eigenvalue weighted by Crippen LogP contribution is 2.49. The van der Waals surface area contributed by atoms with Gasteiger partial charge in [-0.1, -0.05) is 13.3 Å². The number of nitrogens with one attached hydrogen (secondary N) is 1. The standard InChI is InChI=1S/C28H32FN5O/c1-17-9-18(11-19(30)10-17)21-5-8-31-14-25(21)33-27(35)22-3-4-24(29)23-12-20(13-32-26(22)23)34-15-28(16-34)6-2-7-28/h3-5,8,12-14,17-19H,2,6-7,9-11,15-16,30H2,1H3,(H,33,35). The molecule has 1 spiro atoms. The molecule has 0 radical (unpaired) electrons. The van der Waals surface area contributed by atoms with E-state index in [4.69, 9.17) is 5.73 Å². The highest BCUT2D eigenvalue weighted by atomic mass is 19.1. The fourth-order valence-corrected chi connectivity index (χ4v) is 6.44. The fourth-order valence-electron chi connectivity index (χ4n) is 6.44. The summed E-state index contributed by atoms with van der Waals surface area (Å²) in [5, 5.41) is 3.41. The zero-order chi connectivity index (χ0) is 24.2. The largest absolute Gasteiger partial charge is 0.369 e. The van der Waals surface area contributed by atoms with E-state index in [1.165, 1.54) is 31.4 Å². The zero-order valence-electron chi connectivity index (χ0n) is 20.1. The predicted octanol–water partition coefficient (Wildman–Crippen LogP) is 5.24. The smallest absolute Gasteiger partial charge is 0.257 e. The third-order valence-corrected chi connectivity index (χ3v) is 8.38. The number of fused-ring (bicyclic) bond motifs is 1. The van der Waals surface area contributed by atoms with Crippen molar-refractivity contribution in [2.45, 2.75) is 57.4 Å². The highest BCUT2D eigenvalue weighted by molar-refractivity contribution is 6.12. The van der Waals surface area contributed by atoms with Gasteiger partial charge in [-0.2, -0.15) is 0 Å². The van der Waals surface area contributed by atoms with Crippen LogP contribution in [0.3, 0.4) is 0 Å². The fraction of sp³-hybridized carbons (Fsp3) is 0.464. The maximum atomic E-state index is 14.8. The molecule has 6 nitrogen and oxygen atoms in total. The van der Waals surface area contributed by atoms with Gasteiger partial charge >= 0.3 is 0 Å². The van der Waals surface area contributed by atoms with Crippen LogP contribution in [0.5, 0.6) is 0 Å². The molecule has 1 aliphatic heterocycles. The van der Waals surface area contributed by atoms with Crippen molar-refractivity contribution in [2.24, 2.45) is 17.1 Å². The summed E-state index contributed by atoms with van der Waals surface area (Å²) in [6, 6.07) is 6.84. The summed E-state index contributed by atoms with van der Waals surface area (Å²) in [5.41, 5.74) is 10.2. The Balaban J connectivity index is 1.27. The molecule has 0 bridgehead atoms. The van der Waals surface area contributed by atoms with E-state index < -0.39 is 0 Å². The first kappa shape index (κ1) is 22.4. The Morgan fingerprint density at radius 1 is 1.17 bits per heavy atom. The van der Waals surface area contributed by atoms with Gasteiger partial charge in [0.05, 0.1) is 34.8 Å². The number of anilines is 2. The Kier molecular flexibility index (Phi) is 5.48. The summed E-state index contributed by atoms with van der Waals surface area (Å²) in [7, 11) is 0. The van der Waals surface area contributed by atoms with Crippen molar-refractivity contribution in [2.75, 3.05) is 23.3 Å². The third kappa shape index (κ3) is 4.05. The van der Waals surface area contributed by atoms with Crippen molar-refractivity contribution in [3.63, 3.8) is 0 Å². The van der Waals surface area contributed by atoms with Gasteiger partial charge < -0.3 is 16.0 Å². The van der Waals surface area contributed by atoms with Crippen molar-refractivity contribution in [1.82, 2.24) is 9.97 Å². The lowest BCUT2D eigenvalue weighted by Crippen LogP contribution is -2.59. The van der Waals surface area contributed by atoms with Gasteiger partial charge in [0.25, 0.3) is 5.91 Å². The number of nitrogens with two attached hydrogens (primary N) is 1. The number of nitrogens with zero attached hydrogens (tertiary/aromatic N) is 3. The number of halogens is 1. The average Bonchev–Trinajstić information content (AvgIpc) is 2.77. The molecule has 1 aromatic carbocycles. The minimum Gasteiger partial charge on any atom is -0.369 e. The minimum atomic E-state index is -0.364. The molecule has 2 aliphatic carbocycles. The van der Waals surface area contributed by atoms with Gasteiger partial charge in [0.1, 0.15) is 5.82 Å². The highest BCUT2D eigenvalue weighted by Gasteiger charge is 2.47. The Bertz CT molecular complexity index is 1270.